The highest BCUT2D eigenvalue weighted by molar-refractivity contribution is 14.1. The van der Waals surface area contributed by atoms with Crippen LogP contribution < -0.4 is 0 Å². The van der Waals surface area contributed by atoms with Crippen LogP contribution in [0.4, 0.5) is 4.79 Å². The first kappa shape index (κ1) is 17.5. The van der Waals surface area contributed by atoms with Crippen LogP contribution in [0.15, 0.2) is 24.3 Å². The number of benzene rings is 1. The van der Waals surface area contributed by atoms with E-state index in [9.17, 15) is 9.59 Å². The van der Waals surface area contributed by atoms with Crippen LogP contribution in [0.2, 0.25) is 0 Å². The molecule has 0 heterocycles. The van der Waals surface area contributed by atoms with E-state index >= 15 is 0 Å². The summed E-state index contributed by atoms with van der Waals surface area (Å²) in [6.07, 6.45) is 0. The van der Waals surface area contributed by atoms with Gasteiger partial charge in [-0.3, -0.25) is 11.0 Å². The molecule has 0 N–H and O–H groups in total. The lowest BCUT2D eigenvalue weighted by molar-refractivity contribution is 0.0886. The maximum Gasteiger partial charge on any atom is 0.328 e. The Morgan fingerprint density at radius 2 is 1.50 bits per heavy atom. The van der Waals surface area contributed by atoms with Crippen molar-refractivity contribution in [2.75, 3.05) is 27.2 Å². The first-order valence-electron chi connectivity index (χ1n) is 6.02. The van der Waals surface area contributed by atoms with Gasteiger partial charge in [-0.15, -0.1) is 0 Å². The molecule has 3 amide bonds. The van der Waals surface area contributed by atoms with Gasteiger partial charge in [0.1, 0.15) is 0 Å². The Balaban J connectivity index is 2.54. The molecular formula is C13H17I2N3O2. The lowest BCUT2D eigenvalue weighted by Crippen LogP contribution is -2.37. The molecule has 0 bridgehead atoms. The van der Waals surface area contributed by atoms with Gasteiger partial charge in [0.05, 0.1) is 52.3 Å². The van der Waals surface area contributed by atoms with Crippen LogP contribution in [-0.2, 0) is 0 Å². The lowest BCUT2D eigenvalue weighted by atomic mass is 10.1. The van der Waals surface area contributed by atoms with Crippen LogP contribution in [0, 0.1) is 6.92 Å². The highest BCUT2D eigenvalue weighted by atomic mass is 127. The molecule has 0 aliphatic heterocycles. The van der Waals surface area contributed by atoms with Gasteiger partial charge in [-0.05, 0) is 19.1 Å². The van der Waals surface area contributed by atoms with Gasteiger partial charge in [0.15, 0.2) is 0 Å². The molecule has 0 saturated carbocycles. The fourth-order valence-electron chi connectivity index (χ4n) is 1.43. The Labute approximate surface area is 147 Å². The van der Waals surface area contributed by atoms with Gasteiger partial charge in [-0.2, -0.15) is 0 Å². The number of carbonyl (C=O) groups is 2. The van der Waals surface area contributed by atoms with Crippen molar-refractivity contribution in [3.05, 3.63) is 35.4 Å². The van der Waals surface area contributed by atoms with Crippen molar-refractivity contribution in [3.8, 4) is 0 Å². The van der Waals surface area contributed by atoms with Crippen LogP contribution in [0.3, 0.4) is 0 Å². The van der Waals surface area contributed by atoms with Gasteiger partial charge >= 0.3 is 6.03 Å². The predicted octanol–water partition coefficient (Wildman–Crippen LogP) is 3.12. The number of rotatable bonds is 4. The monoisotopic (exact) mass is 501 g/mol. The molecule has 5 nitrogen and oxygen atoms in total. The van der Waals surface area contributed by atoms with Crippen molar-refractivity contribution in [2.45, 2.75) is 6.92 Å². The summed E-state index contributed by atoms with van der Waals surface area (Å²) in [6.45, 7) is 2.95. The van der Waals surface area contributed by atoms with E-state index in [1.54, 1.807) is 20.3 Å². The smallest absolute Gasteiger partial charge is 0.328 e. The molecule has 0 aliphatic carbocycles. The van der Waals surface area contributed by atoms with Gasteiger partial charge in [0.2, 0.25) is 0 Å². The minimum absolute atomic E-state index is 0.0484. The molecule has 7 heteroatoms. The molecule has 0 unspecified atom stereocenters. The molecule has 1 rings (SSSR count). The molecule has 20 heavy (non-hydrogen) atoms. The summed E-state index contributed by atoms with van der Waals surface area (Å²) in [7, 11) is 3.40. The van der Waals surface area contributed by atoms with Crippen molar-refractivity contribution in [1.29, 1.82) is 0 Å². The number of carbonyl (C=O) groups excluding carboxylic acids is 2. The van der Waals surface area contributed by atoms with Crippen LogP contribution in [0.1, 0.15) is 15.9 Å². The first-order chi connectivity index (χ1) is 9.32. The predicted molar refractivity (Wildman–Crippen MR) is 96.0 cm³/mol. The minimum Gasteiger partial charge on any atom is -0.330 e. The quantitative estimate of drug-likeness (QED) is 0.471. The zero-order valence-corrected chi connectivity index (χ0v) is 16.0. The standard InChI is InChI=1S/C13H17I2N3O2/c1-10-4-6-11(7-5-10)12(19)17(14)8-9-18(15)13(20)16(2)3/h4-7H,8-9H2,1-3H3. The molecule has 1 aromatic rings. The van der Waals surface area contributed by atoms with Crippen LogP contribution in [0.5, 0.6) is 0 Å². The van der Waals surface area contributed by atoms with E-state index in [2.05, 4.69) is 0 Å². The highest BCUT2D eigenvalue weighted by Crippen LogP contribution is 2.12. The third kappa shape index (κ3) is 5.08. The SMILES string of the molecule is Cc1ccc(C(=O)N(I)CCN(I)C(=O)N(C)C)cc1. The molecule has 0 atom stereocenters. The fourth-order valence-corrected chi connectivity index (χ4v) is 2.57. The van der Waals surface area contributed by atoms with Gasteiger partial charge in [-0.1, -0.05) is 17.7 Å². The fraction of sp³-hybridized carbons (Fsp3) is 0.385. The first-order valence-corrected chi connectivity index (χ1v) is 7.95. The van der Waals surface area contributed by atoms with Crippen LogP contribution >= 0.6 is 45.7 Å². The Morgan fingerprint density at radius 3 is 2.00 bits per heavy atom. The van der Waals surface area contributed by atoms with Crippen LogP contribution in [-0.4, -0.2) is 50.2 Å². The van der Waals surface area contributed by atoms with Crippen molar-refractivity contribution >= 4 is 57.7 Å². The molecule has 1 aromatic carbocycles. The van der Waals surface area contributed by atoms with E-state index in [0.717, 1.165) is 5.56 Å². The topological polar surface area (TPSA) is 43.9 Å². The zero-order chi connectivity index (χ0) is 15.3. The Morgan fingerprint density at radius 1 is 1.00 bits per heavy atom. The molecule has 0 fully saturated rings. The Kier molecular flexibility index (Phi) is 7.00. The van der Waals surface area contributed by atoms with E-state index in [0.29, 0.717) is 18.7 Å². The third-order valence-corrected chi connectivity index (χ3v) is 4.42. The maximum atomic E-state index is 12.2. The molecule has 0 aliphatic rings. The summed E-state index contributed by atoms with van der Waals surface area (Å²) >= 11 is 3.94. The number of aryl methyl sites for hydroxylation is 1. The summed E-state index contributed by atoms with van der Waals surface area (Å²) in [5.74, 6) is -0.0484. The summed E-state index contributed by atoms with van der Waals surface area (Å²) in [5.41, 5.74) is 1.78. The van der Waals surface area contributed by atoms with E-state index in [-0.39, 0.29) is 11.9 Å². The summed E-state index contributed by atoms with van der Waals surface area (Å²) in [6, 6.07) is 7.38. The molecule has 0 spiro atoms. The second kappa shape index (κ2) is 8.01. The number of amides is 3. The molecule has 0 saturated heterocycles. The zero-order valence-electron chi connectivity index (χ0n) is 11.6. The van der Waals surface area contributed by atoms with Gasteiger partial charge in [-0.25, -0.2) is 4.79 Å². The largest absolute Gasteiger partial charge is 0.330 e. The van der Waals surface area contributed by atoms with E-state index in [4.69, 9.17) is 0 Å². The van der Waals surface area contributed by atoms with Crippen molar-refractivity contribution in [2.24, 2.45) is 0 Å². The number of nitrogens with zero attached hydrogens (tertiary/aromatic N) is 3. The second-order valence-corrected chi connectivity index (χ2v) is 6.85. The maximum absolute atomic E-state index is 12.2. The summed E-state index contributed by atoms with van der Waals surface area (Å²) in [4.78, 5) is 25.4. The Bertz CT molecular complexity index is 477. The van der Waals surface area contributed by atoms with E-state index in [1.165, 1.54) is 4.90 Å². The molecule has 110 valence electrons. The molecular weight excluding hydrogens is 484 g/mol. The average molecular weight is 501 g/mol. The number of hydrogen-bond acceptors (Lipinski definition) is 2. The highest BCUT2D eigenvalue weighted by Gasteiger charge is 2.17. The van der Waals surface area contributed by atoms with Gasteiger partial charge in [0.25, 0.3) is 5.91 Å². The Hall–Kier alpha value is -0.580. The van der Waals surface area contributed by atoms with Gasteiger partial charge in [0, 0.05) is 26.2 Å². The second-order valence-electron chi connectivity index (χ2n) is 4.52. The van der Waals surface area contributed by atoms with Crippen molar-refractivity contribution in [1.82, 2.24) is 11.1 Å². The van der Waals surface area contributed by atoms with Crippen LogP contribution in [0.25, 0.3) is 0 Å². The van der Waals surface area contributed by atoms with Gasteiger partial charge < -0.3 is 4.90 Å². The number of hydrogen-bond donors (Lipinski definition) is 0. The molecule has 0 radical (unpaired) electrons. The van der Waals surface area contributed by atoms with Crippen molar-refractivity contribution < 1.29 is 9.59 Å². The number of halogens is 2. The molecule has 0 aromatic heterocycles. The normalized spacial score (nSPS) is 10.1. The average Bonchev–Trinajstić information content (AvgIpc) is 2.43. The van der Waals surface area contributed by atoms with E-state index in [1.807, 2.05) is 76.9 Å². The minimum atomic E-state index is -0.0850. The number of urea groups is 1. The third-order valence-electron chi connectivity index (χ3n) is 2.60. The summed E-state index contributed by atoms with van der Waals surface area (Å²) < 4.78 is 3.16. The summed E-state index contributed by atoms with van der Waals surface area (Å²) in [5, 5.41) is 0. The van der Waals surface area contributed by atoms with Crippen molar-refractivity contribution in [3.63, 3.8) is 0 Å². The van der Waals surface area contributed by atoms with E-state index < -0.39 is 0 Å². The lowest BCUT2D eigenvalue weighted by Gasteiger charge is -2.22.